The SMILES string of the molecule is O=S(=O)(NCC(c1ccco1)N1CCCC1)c1ccccc1Br. The largest absolute Gasteiger partial charge is 0.468 e. The molecular formula is C16H19BrN2O3S. The number of nitrogens with one attached hydrogen (secondary N) is 1. The van der Waals surface area contributed by atoms with E-state index in [1.165, 1.54) is 0 Å². The Bertz CT molecular complexity index is 740. The lowest BCUT2D eigenvalue weighted by atomic mass is 10.2. The number of rotatable bonds is 6. The van der Waals surface area contributed by atoms with Crippen LogP contribution in [-0.2, 0) is 10.0 Å². The number of sulfonamides is 1. The fraction of sp³-hybridized carbons (Fsp3) is 0.375. The van der Waals surface area contributed by atoms with Crippen LogP contribution in [-0.4, -0.2) is 33.0 Å². The summed E-state index contributed by atoms with van der Waals surface area (Å²) < 4.78 is 33.9. The van der Waals surface area contributed by atoms with Crippen LogP contribution < -0.4 is 4.72 Å². The van der Waals surface area contributed by atoms with Crippen molar-refractivity contribution in [2.45, 2.75) is 23.8 Å². The summed E-state index contributed by atoms with van der Waals surface area (Å²) in [4.78, 5) is 2.51. The number of hydrogen-bond acceptors (Lipinski definition) is 4. The van der Waals surface area contributed by atoms with Crippen LogP contribution in [0.4, 0.5) is 0 Å². The monoisotopic (exact) mass is 398 g/mol. The van der Waals surface area contributed by atoms with Gasteiger partial charge in [-0.2, -0.15) is 0 Å². The first-order chi connectivity index (χ1) is 11.1. The quantitative estimate of drug-likeness (QED) is 0.811. The molecule has 0 saturated carbocycles. The summed E-state index contributed by atoms with van der Waals surface area (Å²) in [6.07, 6.45) is 3.89. The first-order valence-corrected chi connectivity index (χ1v) is 9.87. The average molecular weight is 399 g/mol. The molecule has 1 fully saturated rings. The van der Waals surface area contributed by atoms with E-state index in [1.807, 2.05) is 12.1 Å². The third-order valence-corrected chi connectivity index (χ3v) is 6.48. The van der Waals surface area contributed by atoms with Gasteiger partial charge in [-0.3, -0.25) is 4.90 Å². The van der Waals surface area contributed by atoms with Gasteiger partial charge in [-0.1, -0.05) is 12.1 Å². The van der Waals surface area contributed by atoms with Crippen molar-refractivity contribution in [1.29, 1.82) is 0 Å². The predicted molar refractivity (Wildman–Crippen MR) is 91.6 cm³/mol. The molecule has 1 saturated heterocycles. The first-order valence-electron chi connectivity index (χ1n) is 7.59. The zero-order valence-electron chi connectivity index (χ0n) is 12.6. The number of likely N-dealkylation sites (tertiary alicyclic amines) is 1. The first kappa shape index (κ1) is 16.7. The van der Waals surface area contributed by atoms with Crippen LogP contribution in [0.25, 0.3) is 0 Å². The molecule has 3 rings (SSSR count). The van der Waals surface area contributed by atoms with Gasteiger partial charge in [-0.05, 0) is 66.1 Å². The molecule has 0 aliphatic carbocycles. The van der Waals surface area contributed by atoms with Crippen LogP contribution in [0.3, 0.4) is 0 Å². The highest BCUT2D eigenvalue weighted by atomic mass is 79.9. The number of halogens is 1. The van der Waals surface area contributed by atoms with Gasteiger partial charge in [0.1, 0.15) is 5.76 Å². The highest BCUT2D eigenvalue weighted by molar-refractivity contribution is 9.10. The van der Waals surface area contributed by atoms with Crippen LogP contribution in [0.1, 0.15) is 24.6 Å². The Morgan fingerprint density at radius 3 is 2.57 bits per heavy atom. The number of furan rings is 1. The molecule has 1 aliphatic rings. The number of benzene rings is 1. The Morgan fingerprint density at radius 2 is 1.91 bits per heavy atom. The summed E-state index contributed by atoms with van der Waals surface area (Å²) >= 11 is 3.30. The molecule has 1 aromatic heterocycles. The topological polar surface area (TPSA) is 62.6 Å². The summed E-state index contributed by atoms with van der Waals surface area (Å²) in [7, 11) is -3.57. The maximum atomic E-state index is 12.6. The molecule has 0 radical (unpaired) electrons. The molecule has 1 aliphatic heterocycles. The lowest BCUT2D eigenvalue weighted by molar-refractivity contribution is 0.216. The van der Waals surface area contributed by atoms with Crippen molar-refractivity contribution in [3.8, 4) is 0 Å². The fourth-order valence-corrected chi connectivity index (χ4v) is 4.91. The second-order valence-corrected chi connectivity index (χ2v) is 8.15. The molecule has 7 heteroatoms. The minimum absolute atomic E-state index is 0.0789. The third-order valence-electron chi connectivity index (χ3n) is 4.05. The summed E-state index contributed by atoms with van der Waals surface area (Å²) in [6.45, 7) is 2.21. The van der Waals surface area contributed by atoms with E-state index in [-0.39, 0.29) is 17.5 Å². The van der Waals surface area contributed by atoms with Crippen molar-refractivity contribution in [1.82, 2.24) is 9.62 Å². The maximum Gasteiger partial charge on any atom is 0.241 e. The molecule has 23 heavy (non-hydrogen) atoms. The van der Waals surface area contributed by atoms with Gasteiger partial charge < -0.3 is 4.42 Å². The van der Waals surface area contributed by atoms with Gasteiger partial charge in [-0.25, -0.2) is 13.1 Å². The van der Waals surface area contributed by atoms with Crippen LogP contribution in [0.2, 0.25) is 0 Å². The molecule has 124 valence electrons. The van der Waals surface area contributed by atoms with E-state index in [0.29, 0.717) is 4.47 Å². The van der Waals surface area contributed by atoms with E-state index in [1.54, 1.807) is 30.5 Å². The minimum Gasteiger partial charge on any atom is -0.468 e. The molecule has 1 aromatic carbocycles. The van der Waals surface area contributed by atoms with Gasteiger partial charge >= 0.3 is 0 Å². The zero-order chi connectivity index (χ0) is 16.3. The van der Waals surface area contributed by atoms with Crippen molar-refractivity contribution in [3.05, 3.63) is 52.9 Å². The predicted octanol–water partition coefficient (Wildman–Crippen LogP) is 3.16. The summed E-state index contributed by atoms with van der Waals surface area (Å²) in [5.74, 6) is 0.793. The third kappa shape index (κ3) is 3.85. The van der Waals surface area contributed by atoms with Crippen molar-refractivity contribution >= 4 is 26.0 Å². The van der Waals surface area contributed by atoms with Crippen molar-refractivity contribution in [2.24, 2.45) is 0 Å². The Labute approximate surface area is 144 Å². The van der Waals surface area contributed by atoms with Crippen molar-refractivity contribution in [2.75, 3.05) is 19.6 Å². The molecule has 1 atom stereocenters. The van der Waals surface area contributed by atoms with E-state index in [0.717, 1.165) is 31.7 Å². The van der Waals surface area contributed by atoms with E-state index < -0.39 is 10.0 Å². The molecule has 5 nitrogen and oxygen atoms in total. The standard InChI is InChI=1S/C16H19BrN2O3S/c17-13-6-1-2-8-16(13)23(20,21)18-12-14(15-7-5-11-22-15)19-9-3-4-10-19/h1-2,5-8,11,14,18H,3-4,9-10,12H2. The van der Waals surface area contributed by atoms with E-state index in [9.17, 15) is 8.42 Å². The van der Waals surface area contributed by atoms with Crippen molar-refractivity contribution < 1.29 is 12.8 Å². The zero-order valence-corrected chi connectivity index (χ0v) is 15.0. The van der Waals surface area contributed by atoms with Gasteiger partial charge in [0.15, 0.2) is 0 Å². The molecular weight excluding hydrogens is 380 g/mol. The maximum absolute atomic E-state index is 12.6. The molecule has 0 bridgehead atoms. The van der Waals surface area contributed by atoms with Gasteiger partial charge in [0.2, 0.25) is 10.0 Å². The Morgan fingerprint density at radius 1 is 1.17 bits per heavy atom. The van der Waals surface area contributed by atoms with Crippen LogP contribution in [0.15, 0.2) is 56.4 Å². The Balaban J connectivity index is 1.77. The summed E-state index contributed by atoms with van der Waals surface area (Å²) in [5.41, 5.74) is 0. The normalized spacial score (nSPS) is 17.4. The van der Waals surface area contributed by atoms with Gasteiger partial charge in [0.25, 0.3) is 0 Å². The molecule has 2 aromatic rings. The van der Waals surface area contributed by atoms with E-state index >= 15 is 0 Å². The highest BCUT2D eigenvalue weighted by Gasteiger charge is 2.27. The molecule has 1 unspecified atom stereocenters. The number of nitrogens with zero attached hydrogens (tertiary/aromatic N) is 1. The second-order valence-electron chi connectivity index (χ2n) is 5.56. The minimum atomic E-state index is -3.57. The lowest BCUT2D eigenvalue weighted by Gasteiger charge is -2.26. The Kier molecular flexibility index (Phi) is 5.21. The average Bonchev–Trinajstić information content (AvgIpc) is 3.21. The number of hydrogen-bond donors (Lipinski definition) is 1. The van der Waals surface area contributed by atoms with Crippen LogP contribution in [0.5, 0.6) is 0 Å². The molecule has 1 N–H and O–H groups in total. The Hall–Kier alpha value is -1.15. The van der Waals surface area contributed by atoms with Crippen LogP contribution in [0, 0.1) is 0 Å². The smallest absolute Gasteiger partial charge is 0.241 e. The van der Waals surface area contributed by atoms with Gasteiger partial charge in [0, 0.05) is 11.0 Å². The van der Waals surface area contributed by atoms with Crippen LogP contribution >= 0.6 is 15.9 Å². The molecule has 0 spiro atoms. The van der Waals surface area contributed by atoms with E-state index in [2.05, 4.69) is 25.6 Å². The molecule has 2 heterocycles. The second kappa shape index (κ2) is 7.17. The fourth-order valence-electron chi connectivity index (χ4n) is 2.87. The van der Waals surface area contributed by atoms with Gasteiger partial charge in [0.05, 0.1) is 17.2 Å². The lowest BCUT2D eigenvalue weighted by Crippen LogP contribution is -2.36. The van der Waals surface area contributed by atoms with E-state index in [4.69, 9.17) is 4.42 Å². The molecule has 0 amide bonds. The summed E-state index contributed by atoms with van der Waals surface area (Å²) in [5, 5.41) is 0. The van der Waals surface area contributed by atoms with Gasteiger partial charge in [-0.15, -0.1) is 0 Å². The summed E-state index contributed by atoms with van der Waals surface area (Å²) in [6, 6.07) is 10.5. The van der Waals surface area contributed by atoms with Crippen molar-refractivity contribution in [3.63, 3.8) is 0 Å². The highest BCUT2D eigenvalue weighted by Crippen LogP contribution is 2.26.